The van der Waals surface area contributed by atoms with Crippen molar-refractivity contribution in [3.8, 4) is 0 Å². The van der Waals surface area contributed by atoms with Gasteiger partial charge in [-0.25, -0.2) is 0 Å². The van der Waals surface area contributed by atoms with Crippen LogP contribution in [0, 0.1) is 0 Å². The fourth-order valence-corrected chi connectivity index (χ4v) is 9.83. The third-order valence-corrected chi connectivity index (χ3v) is 14.8. The van der Waals surface area contributed by atoms with Crippen LogP contribution in [0.5, 0.6) is 0 Å². The highest BCUT2D eigenvalue weighted by molar-refractivity contribution is 7.45. The molecule has 0 spiro atoms. The third-order valence-electron chi connectivity index (χ3n) is 13.9. The predicted molar refractivity (Wildman–Crippen MR) is 302 cm³/mol. The molecule has 2 N–H and O–H groups in total. The number of aliphatic hydroxyl groups is 1. The van der Waals surface area contributed by atoms with E-state index in [-0.39, 0.29) is 19.1 Å². The second-order valence-electron chi connectivity index (χ2n) is 22.1. The lowest BCUT2D eigenvalue weighted by Crippen LogP contribution is -2.46. The van der Waals surface area contributed by atoms with Crippen LogP contribution in [0.2, 0.25) is 0 Å². The molecule has 0 aliphatic carbocycles. The lowest BCUT2D eigenvalue weighted by Gasteiger charge is -2.30. The first-order valence-electron chi connectivity index (χ1n) is 30.3. The summed E-state index contributed by atoms with van der Waals surface area (Å²) in [6.07, 6.45) is 67.7. The fraction of sp³-hybridized carbons (Fsp3) is 0.885. The Morgan fingerprint density at radius 1 is 0.500 bits per heavy atom. The summed E-state index contributed by atoms with van der Waals surface area (Å²) in [5.74, 6) is -0.161. The van der Waals surface area contributed by atoms with Crippen molar-refractivity contribution in [1.29, 1.82) is 0 Å². The number of carbonyl (C=O) groups is 1. The van der Waals surface area contributed by atoms with Crippen molar-refractivity contribution in [3.63, 3.8) is 0 Å². The van der Waals surface area contributed by atoms with Gasteiger partial charge < -0.3 is 28.8 Å². The Hall–Kier alpha value is -1.28. The number of rotatable bonds is 56. The van der Waals surface area contributed by atoms with Crippen molar-refractivity contribution < 1.29 is 32.9 Å². The number of nitrogens with zero attached hydrogens (tertiary/aromatic N) is 1. The number of phosphoric acid groups is 1. The van der Waals surface area contributed by atoms with Gasteiger partial charge in [0.05, 0.1) is 39.9 Å². The van der Waals surface area contributed by atoms with Gasteiger partial charge in [0.2, 0.25) is 5.91 Å². The summed E-state index contributed by atoms with van der Waals surface area (Å²) in [6, 6.07) is -0.798. The largest absolute Gasteiger partial charge is 0.756 e. The number of aliphatic hydroxyl groups excluding tert-OH is 1. The maximum absolute atomic E-state index is 13.0. The average molecular weight is 1010 g/mol. The summed E-state index contributed by atoms with van der Waals surface area (Å²) in [4.78, 5) is 25.5. The molecule has 0 saturated carbocycles. The summed E-state index contributed by atoms with van der Waals surface area (Å²) in [5, 5.41) is 14.0. The van der Waals surface area contributed by atoms with Gasteiger partial charge in [0.15, 0.2) is 0 Å². The summed E-state index contributed by atoms with van der Waals surface area (Å²) >= 11 is 0. The van der Waals surface area contributed by atoms with Crippen LogP contribution < -0.4 is 10.2 Å². The SMILES string of the molecule is CCCCCCC/C=C\C/C=C\C/C=C\CCCCCCCCCCCCCCCCCCCCCCC(=O)NC(COP(=O)([O-])OCC[N+](C)(C)C)C(O)CCCCCCCCCCCCCCC. The minimum absolute atomic E-state index is 0.0139. The Kier molecular flexibility index (Phi) is 51.6. The van der Waals surface area contributed by atoms with Gasteiger partial charge in [0.1, 0.15) is 13.2 Å². The van der Waals surface area contributed by atoms with Gasteiger partial charge in [0.25, 0.3) is 7.82 Å². The molecular weight excluding hydrogens is 888 g/mol. The Bertz CT molecular complexity index is 1230. The van der Waals surface area contributed by atoms with E-state index in [2.05, 4.69) is 55.6 Å². The van der Waals surface area contributed by atoms with E-state index < -0.39 is 20.0 Å². The summed E-state index contributed by atoms with van der Waals surface area (Å²) < 4.78 is 23.4. The molecule has 0 radical (unpaired) electrons. The normalized spacial score (nSPS) is 14.1. The number of quaternary nitrogens is 1. The average Bonchev–Trinajstić information content (AvgIpc) is 3.32. The van der Waals surface area contributed by atoms with Crippen LogP contribution in [0.15, 0.2) is 36.5 Å². The van der Waals surface area contributed by atoms with Crippen LogP contribution in [0.4, 0.5) is 0 Å². The van der Waals surface area contributed by atoms with Crippen molar-refractivity contribution in [2.45, 2.75) is 309 Å². The molecule has 0 aromatic heterocycles. The molecule has 414 valence electrons. The second-order valence-corrected chi connectivity index (χ2v) is 23.5. The van der Waals surface area contributed by atoms with Gasteiger partial charge in [-0.15, -0.1) is 0 Å². The van der Waals surface area contributed by atoms with Gasteiger partial charge >= 0.3 is 0 Å². The Morgan fingerprint density at radius 3 is 1.20 bits per heavy atom. The number of hydrogen-bond acceptors (Lipinski definition) is 6. The zero-order valence-electron chi connectivity index (χ0n) is 47.2. The molecule has 0 heterocycles. The molecule has 0 aromatic carbocycles. The highest BCUT2D eigenvalue weighted by atomic mass is 31.2. The first kappa shape index (κ1) is 68.7. The summed E-state index contributed by atoms with van der Waals surface area (Å²) in [5.41, 5.74) is 0. The van der Waals surface area contributed by atoms with Crippen LogP contribution in [-0.4, -0.2) is 68.5 Å². The number of unbranched alkanes of at least 4 members (excludes halogenated alkanes) is 37. The molecule has 0 rings (SSSR count). The van der Waals surface area contributed by atoms with Crippen molar-refractivity contribution in [2.24, 2.45) is 0 Å². The van der Waals surface area contributed by atoms with E-state index in [4.69, 9.17) is 9.05 Å². The molecule has 3 atom stereocenters. The molecule has 0 aliphatic rings. The molecule has 0 aromatic rings. The molecule has 3 unspecified atom stereocenters. The van der Waals surface area contributed by atoms with Crippen molar-refractivity contribution in [2.75, 3.05) is 40.9 Å². The minimum Gasteiger partial charge on any atom is -0.756 e. The number of phosphoric ester groups is 1. The van der Waals surface area contributed by atoms with Gasteiger partial charge in [-0.2, -0.15) is 0 Å². The standard InChI is InChI=1S/C61H119N2O6P/c1-6-8-10-12-14-16-18-20-21-22-23-24-25-26-27-28-29-30-31-32-33-34-35-36-37-38-39-40-41-43-45-47-49-51-53-55-61(65)62-59(58-69-70(66,67)68-57-56-63(3,4)5)60(64)54-52-50-48-46-44-42-19-17-15-13-11-9-7-2/h18,20,22-23,25-26,59-60,64H,6-17,19,21,24,27-58H2,1-5H3,(H-,62,65,66,67)/b20-18-,23-22-,26-25-. The number of hydrogen-bond donors (Lipinski definition) is 2. The lowest BCUT2D eigenvalue weighted by atomic mass is 10.0. The Balaban J connectivity index is 3.93. The number of allylic oxidation sites excluding steroid dienone is 6. The van der Waals surface area contributed by atoms with Gasteiger partial charge in [-0.3, -0.25) is 9.36 Å². The van der Waals surface area contributed by atoms with Crippen LogP contribution in [0.25, 0.3) is 0 Å². The van der Waals surface area contributed by atoms with E-state index in [0.717, 1.165) is 51.4 Å². The number of nitrogens with one attached hydrogen (secondary N) is 1. The minimum atomic E-state index is -4.57. The third kappa shape index (κ3) is 54.5. The molecule has 8 nitrogen and oxygen atoms in total. The molecule has 0 saturated heterocycles. The van der Waals surface area contributed by atoms with Crippen LogP contribution in [-0.2, 0) is 18.4 Å². The Morgan fingerprint density at radius 2 is 0.829 bits per heavy atom. The number of amides is 1. The highest BCUT2D eigenvalue weighted by Gasteiger charge is 2.24. The molecular formula is C61H119N2O6P. The van der Waals surface area contributed by atoms with Gasteiger partial charge in [0, 0.05) is 6.42 Å². The topological polar surface area (TPSA) is 108 Å². The predicted octanol–water partition coefficient (Wildman–Crippen LogP) is 17.9. The molecule has 0 aliphatic heterocycles. The van der Waals surface area contributed by atoms with E-state index in [9.17, 15) is 19.4 Å². The van der Waals surface area contributed by atoms with E-state index in [1.54, 1.807) is 0 Å². The van der Waals surface area contributed by atoms with Crippen LogP contribution in [0.3, 0.4) is 0 Å². The first-order valence-corrected chi connectivity index (χ1v) is 31.8. The van der Waals surface area contributed by atoms with Gasteiger partial charge in [-0.05, 0) is 51.4 Å². The van der Waals surface area contributed by atoms with Crippen molar-refractivity contribution in [1.82, 2.24) is 5.32 Å². The maximum atomic E-state index is 13.0. The van der Waals surface area contributed by atoms with Crippen LogP contribution >= 0.6 is 7.82 Å². The zero-order valence-corrected chi connectivity index (χ0v) is 48.1. The van der Waals surface area contributed by atoms with Crippen molar-refractivity contribution >= 4 is 13.7 Å². The second kappa shape index (κ2) is 52.6. The lowest BCUT2D eigenvalue weighted by molar-refractivity contribution is -0.870. The summed E-state index contributed by atoms with van der Waals surface area (Å²) in [7, 11) is 1.32. The molecule has 0 fully saturated rings. The van der Waals surface area contributed by atoms with E-state index >= 15 is 0 Å². The monoisotopic (exact) mass is 1010 g/mol. The number of carbonyl (C=O) groups excluding carboxylic acids is 1. The first-order chi connectivity index (χ1) is 34.0. The van der Waals surface area contributed by atoms with E-state index in [1.165, 1.54) is 218 Å². The Labute approximate surface area is 436 Å². The molecule has 0 bridgehead atoms. The molecule has 70 heavy (non-hydrogen) atoms. The maximum Gasteiger partial charge on any atom is 0.268 e. The quantitative estimate of drug-likeness (QED) is 0.0272. The highest BCUT2D eigenvalue weighted by Crippen LogP contribution is 2.38. The molecule has 1 amide bonds. The van der Waals surface area contributed by atoms with Crippen LogP contribution in [0.1, 0.15) is 296 Å². The summed E-state index contributed by atoms with van der Waals surface area (Å²) in [6.45, 7) is 4.73. The fourth-order valence-electron chi connectivity index (χ4n) is 9.11. The van der Waals surface area contributed by atoms with Crippen molar-refractivity contribution in [3.05, 3.63) is 36.5 Å². The van der Waals surface area contributed by atoms with E-state index in [0.29, 0.717) is 23.9 Å². The smallest absolute Gasteiger partial charge is 0.268 e. The van der Waals surface area contributed by atoms with Gasteiger partial charge in [-0.1, -0.05) is 275 Å². The molecule has 9 heteroatoms. The van der Waals surface area contributed by atoms with E-state index in [1.807, 2.05) is 21.1 Å². The zero-order chi connectivity index (χ0) is 51.3. The number of likely N-dealkylation sites (N-methyl/N-ethyl adjacent to an activating group) is 1.